The minimum absolute atomic E-state index is 0.150. The first-order valence-corrected chi connectivity index (χ1v) is 15.0. The van der Waals surface area contributed by atoms with Crippen molar-refractivity contribution >= 4 is 67.1 Å². The molecule has 206 valence electrons. The number of nitrogens with zero attached hydrogens (tertiary/aromatic N) is 5. The Balaban J connectivity index is 1.57. The van der Waals surface area contributed by atoms with E-state index in [1.807, 2.05) is 28.3 Å². The standard InChI is InChI=1S/C27H23Cl2N5O4S2/c1-27(2,3)38-25(35)16-34(40(36,37)22-13-19(28)12-20(29)14-22)21-4-5-23-17(10-21)6-8-33(23)24-11-18(15-31-32-24)26-30-7-9-39-26/h4-15H,16H2,1-3H3. The number of benzene rings is 2. The summed E-state index contributed by atoms with van der Waals surface area (Å²) in [5.74, 6) is -0.140. The third kappa shape index (κ3) is 5.97. The second kappa shape index (κ2) is 10.8. The molecule has 5 aromatic rings. The SMILES string of the molecule is CC(C)(C)OC(=O)CN(c1ccc2c(ccn2-c2cc(-c3nccs3)cnn2)c1)S(=O)(=O)c1cc(Cl)cc(Cl)c1. The number of aromatic nitrogens is 4. The fraction of sp³-hybridized carbons (Fsp3) is 0.185. The van der Waals surface area contributed by atoms with Gasteiger partial charge in [-0.3, -0.25) is 13.7 Å². The Bertz CT molecular complexity index is 1800. The summed E-state index contributed by atoms with van der Waals surface area (Å²) in [6.45, 7) is 4.57. The van der Waals surface area contributed by atoms with Crippen LogP contribution in [0.4, 0.5) is 5.69 Å². The lowest BCUT2D eigenvalue weighted by Gasteiger charge is -2.26. The molecule has 0 fully saturated rings. The molecule has 3 heterocycles. The summed E-state index contributed by atoms with van der Waals surface area (Å²) in [5, 5.41) is 12.1. The van der Waals surface area contributed by atoms with Crippen molar-refractivity contribution in [3.05, 3.63) is 82.5 Å². The normalized spacial score (nSPS) is 12.0. The lowest BCUT2D eigenvalue weighted by Crippen LogP contribution is -2.39. The van der Waals surface area contributed by atoms with Crippen LogP contribution in [0.3, 0.4) is 0 Å². The van der Waals surface area contributed by atoms with Gasteiger partial charge in [-0.2, -0.15) is 5.10 Å². The number of hydrogen-bond acceptors (Lipinski definition) is 8. The quantitative estimate of drug-likeness (QED) is 0.195. The molecule has 0 aliphatic rings. The van der Waals surface area contributed by atoms with Crippen LogP contribution in [0, 0.1) is 0 Å². The van der Waals surface area contributed by atoms with E-state index in [0.717, 1.165) is 20.4 Å². The summed E-state index contributed by atoms with van der Waals surface area (Å²) in [5.41, 5.74) is 1.04. The van der Waals surface area contributed by atoms with Gasteiger partial charge >= 0.3 is 5.97 Å². The zero-order valence-corrected chi connectivity index (χ0v) is 24.7. The van der Waals surface area contributed by atoms with Crippen molar-refractivity contribution in [2.75, 3.05) is 10.8 Å². The second-order valence-electron chi connectivity index (χ2n) is 9.77. The number of sulfonamides is 1. The largest absolute Gasteiger partial charge is 0.459 e. The van der Waals surface area contributed by atoms with E-state index in [2.05, 4.69) is 15.2 Å². The van der Waals surface area contributed by atoms with Gasteiger partial charge in [0, 0.05) is 38.8 Å². The molecule has 13 heteroatoms. The van der Waals surface area contributed by atoms with E-state index in [1.165, 1.54) is 29.5 Å². The van der Waals surface area contributed by atoms with Crippen LogP contribution in [0.15, 0.2) is 77.4 Å². The molecule has 0 aliphatic carbocycles. The Hall–Kier alpha value is -3.51. The molecule has 0 spiro atoms. The Kier molecular flexibility index (Phi) is 7.58. The monoisotopic (exact) mass is 615 g/mol. The van der Waals surface area contributed by atoms with Crippen molar-refractivity contribution < 1.29 is 17.9 Å². The maximum absolute atomic E-state index is 13.8. The fourth-order valence-electron chi connectivity index (χ4n) is 4.05. The molecular weight excluding hydrogens is 593 g/mol. The molecule has 0 atom stereocenters. The fourth-order valence-corrected chi connectivity index (χ4v) is 6.80. The molecule has 3 aromatic heterocycles. The molecule has 0 unspecified atom stereocenters. The number of thiazole rings is 1. The molecule has 0 amide bonds. The highest BCUT2D eigenvalue weighted by Gasteiger charge is 2.30. The van der Waals surface area contributed by atoms with E-state index < -0.39 is 28.1 Å². The predicted molar refractivity (Wildman–Crippen MR) is 157 cm³/mol. The third-order valence-electron chi connectivity index (χ3n) is 5.65. The highest BCUT2D eigenvalue weighted by atomic mass is 35.5. The number of carbonyl (C=O) groups excluding carboxylic acids is 1. The Morgan fingerprint density at radius 2 is 1.82 bits per heavy atom. The van der Waals surface area contributed by atoms with E-state index >= 15 is 0 Å². The number of esters is 1. The zero-order chi connectivity index (χ0) is 28.7. The molecule has 0 aliphatic heterocycles. The Labute approximate surface area is 245 Å². The van der Waals surface area contributed by atoms with Crippen molar-refractivity contribution in [3.8, 4) is 16.4 Å². The average Bonchev–Trinajstić information content (AvgIpc) is 3.56. The first kappa shape index (κ1) is 28.0. The molecule has 40 heavy (non-hydrogen) atoms. The first-order chi connectivity index (χ1) is 18.9. The molecule has 0 bridgehead atoms. The van der Waals surface area contributed by atoms with Gasteiger partial charge in [0.15, 0.2) is 5.82 Å². The van der Waals surface area contributed by atoms with Crippen molar-refractivity contribution in [1.29, 1.82) is 0 Å². The topological polar surface area (TPSA) is 107 Å². The molecule has 5 rings (SSSR count). The van der Waals surface area contributed by atoms with Crippen molar-refractivity contribution in [3.63, 3.8) is 0 Å². The Morgan fingerprint density at radius 3 is 2.50 bits per heavy atom. The van der Waals surface area contributed by atoms with Crippen LogP contribution in [-0.2, 0) is 19.6 Å². The molecule has 9 nitrogen and oxygen atoms in total. The summed E-state index contributed by atoms with van der Waals surface area (Å²) in [6, 6.07) is 12.8. The molecule has 0 radical (unpaired) electrons. The first-order valence-electron chi connectivity index (χ1n) is 12.0. The smallest absolute Gasteiger partial charge is 0.327 e. The van der Waals surface area contributed by atoms with Gasteiger partial charge in [-0.15, -0.1) is 16.4 Å². The Morgan fingerprint density at radius 1 is 1.07 bits per heavy atom. The van der Waals surface area contributed by atoms with Gasteiger partial charge in [-0.05, 0) is 69.3 Å². The van der Waals surface area contributed by atoms with E-state index in [0.29, 0.717) is 11.2 Å². The summed E-state index contributed by atoms with van der Waals surface area (Å²) in [4.78, 5) is 17.0. The van der Waals surface area contributed by atoms with Crippen molar-refractivity contribution in [1.82, 2.24) is 19.7 Å². The van der Waals surface area contributed by atoms with Crippen LogP contribution in [0.25, 0.3) is 27.3 Å². The minimum atomic E-state index is -4.27. The highest BCUT2D eigenvalue weighted by molar-refractivity contribution is 7.92. The van der Waals surface area contributed by atoms with Crippen LogP contribution in [-0.4, -0.2) is 46.3 Å². The highest BCUT2D eigenvalue weighted by Crippen LogP contribution is 2.32. The maximum Gasteiger partial charge on any atom is 0.327 e. The lowest BCUT2D eigenvalue weighted by atomic mass is 10.2. The number of fused-ring (bicyclic) bond motifs is 1. The lowest BCUT2D eigenvalue weighted by molar-refractivity contribution is -0.152. The number of rotatable bonds is 7. The number of anilines is 1. The summed E-state index contributed by atoms with van der Waals surface area (Å²) < 4.78 is 35.9. The molecule has 0 saturated heterocycles. The summed E-state index contributed by atoms with van der Waals surface area (Å²) >= 11 is 13.7. The predicted octanol–water partition coefficient (Wildman–Crippen LogP) is 6.39. The van der Waals surface area contributed by atoms with E-state index in [9.17, 15) is 13.2 Å². The number of carbonyl (C=O) groups is 1. The molecular formula is C27H23Cl2N5O4S2. The van der Waals surface area contributed by atoms with Gasteiger partial charge < -0.3 is 4.74 Å². The van der Waals surface area contributed by atoms with Gasteiger partial charge in [-0.25, -0.2) is 13.4 Å². The minimum Gasteiger partial charge on any atom is -0.459 e. The maximum atomic E-state index is 13.8. The summed E-state index contributed by atoms with van der Waals surface area (Å²) in [7, 11) is -4.27. The molecule has 0 saturated carbocycles. The third-order valence-corrected chi connectivity index (χ3v) is 8.66. The summed E-state index contributed by atoms with van der Waals surface area (Å²) in [6.07, 6.45) is 5.18. The van der Waals surface area contributed by atoms with Gasteiger partial charge in [-0.1, -0.05) is 23.2 Å². The number of ether oxygens (including phenoxy) is 1. The zero-order valence-electron chi connectivity index (χ0n) is 21.6. The van der Waals surface area contributed by atoms with E-state index in [1.54, 1.807) is 51.4 Å². The van der Waals surface area contributed by atoms with Gasteiger partial charge in [0.25, 0.3) is 10.0 Å². The molecule has 0 N–H and O–H groups in total. The van der Waals surface area contributed by atoms with Crippen molar-refractivity contribution in [2.24, 2.45) is 0 Å². The van der Waals surface area contributed by atoms with Crippen LogP contribution < -0.4 is 4.31 Å². The van der Waals surface area contributed by atoms with Gasteiger partial charge in [0.1, 0.15) is 17.2 Å². The average molecular weight is 617 g/mol. The van der Waals surface area contributed by atoms with Crippen LogP contribution in [0.1, 0.15) is 20.8 Å². The number of hydrogen-bond donors (Lipinski definition) is 0. The van der Waals surface area contributed by atoms with Gasteiger partial charge in [0.05, 0.1) is 22.3 Å². The second-order valence-corrected chi connectivity index (χ2v) is 13.4. The van der Waals surface area contributed by atoms with Crippen molar-refractivity contribution in [2.45, 2.75) is 31.3 Å². The van der Waals surface area contributed by atoms with Crippen LogP contribution >= 0.6 is 34.5 Å². The van der Waals surface area contributed by atoms with Crippen LogP contribution in [0.5, 0.6) is 0 Å². The van der Waals surface area contributed by atoms with Gasteiger partial charge in [0.2, 0.25) is 0 Å². The van der Waals surface area contributed by atoms with Crippen LogP contribution in [0.2, 0.25) is 10.0 Å². The number of halogens is 2. The van der Waals surface area contributed by atoms with E-state index in [4.69, 9.17) is 27.9 Å². The van der Waals surface area contributed by atoms with E-state index in [-0.39, 0.29) is 20.6 Å². The molecule has 2 aromatic carbocycles.